The Hall–Kier alpha value is -2.40. The Balaban J connectivity index is 1.94. The molecule has 1 aromatic heterocycles. The summed E-state index contributed by atoms with van der Waals surface area (Å²) in [6.07, 6.45) is 3.42. The van der Waals surface area contributed by atoms with Crippen molar-refractivity contribution in [1.82, 2.24) is 4.57 Å². The Bertz CT molecular complexity index is 779. The Morgan fingerprint density at radius 1 is 1.24 bits per heavy atom. The van der Waals surface area contributed by atoms with E-state index in [9.17, 15) is 14.4 Å². The molecule has 106 valence electrons. The fourth-order valence-electron chi connectivity index (χ4n) is 2.36. The van der Waals surface area contributed by atoms with Crippen molar-refractivity contribution in [2.45, 2.75) is 0 Å². The molecular formula is C15H11ClN2O3. The molecule has 0 saturated heterocycles. The molecule has 1 aliphatic heterocycles. The maximum absolute atomic E-state index is 12.2. The topological polar surface area (TPSA) is 59.4 Å². The smallest absolute Gasteiger partial charge is 0.299 e. The SMILES string of the molecule is Cn1ccc(C(=O)CN2C(=O)C(=O)c3c(Cl)cccc32)c1. The molecular weight excluding hydrogens is 292 g/mol. The summed E-state index contributed by atoms with van der Waals surface area (Å²) in [7, 11) is 1.80. The van der Waals surface area contributed by atoms with Crippen LogP contribution in [0.5, 0.6) is 0 Å². The first-order valence-corrected chi connectivity index (χ1v) is 6.66. The van der Waals surface area contributed by atoms with Crippen LogP contribution in [-0.2, 0) is 11.8 Å². The van der Waals surface area contributed by atoms with Gasteiger partial charge in [-0.2, -0.15) is 0 Å². The molecule has 0 fully saturated rings. The van der Waals surface area contributed by atoms with Crippen molar-refractivity contribution in [3.05, 3.63) is 52.8 Å². The monoisotopic (exact) mass is 302 g/mol. The maximum atomic E-state index is 12.2. The number of amides is 1. The van der Waals surface area contributed by atoms with Gasteiger partial charge in [-0.05, 0) is 18.2 Å². The Labute approximate surface area is 125 Å². The summed E-state index contributed by atoms with van der Waals surface area (Å²) < 4.78 is 1.75. The van der Waals surface area contributed by atoms with Gasteiger partial charge < -0.3 is 4.57 Å². The minimum absolute atomic E-state index is 0.171. The van der Waals surface area contributed by atoms with Crippen molar-refractivity contribution in [1.29, 1.82) is 0 Å². The van der Waals surface area contributed by atoms with E-state index in [2.05, 4.69) is 0 Å². The van der Waals surface area contributed by atoms with Gasteiger partial charge in [-0.25, -0.2) is 0 Å². The Morgan fingerprint density at radius 2 is 2.00 bits per heavy atom. The van der Waals surface area contributed by atoms with Gasteiger partial charge in [-0.3, -0.25) is 19.3 Å². The number of aryl methyl sites for hydroxylation is 1. The highest BCUT2D eigenvalue weighted by Gasteiger charge is 2.38. The molecule has 1 aliphatic rings. The van der Waals surface area contributed by atoms with Crippen LogP contribution < -0.4 is 4.90 Å². The van der Waals surface area contributed by atoms with Crippen LogP contribution in [0.2, 0.25) is 5.02 Å². The molecule has 6 heteroatoms. The van der Waals surface area contributed by atoms with Gasteiger partial charge in [-0.15, -0.1) is 0 Å². The highest BCUT2D eigenvalue weighted by molar-refractivity contribution is 6.55. The molecule has 0 saturated carbocycles. The van der Waals surface area contributed by atoms with E-state index >= 15 is 0 Å². The van der Waals surface area contributed by atoms with E-state index in [-0.39, 0.29) is 22.9 Å². The third-order valence-corrected chi connectivity index (χ3v) is 3.72. The summed E-state index contributed by atoms with van der Waals surface area (Å²) in [5.74, 6) is -1.62. The standard InChI is InChI=1S/C15H11ClN2O3/c1-17-6-5-9(7-17)12(19)8-18-11-4-2-3-10(16)13(11)14(20)15(18)21/h2-7H,8H2,1H3. The first-order valence-electron chi connectivity index (χ1n) is 6.29. The second-order valence-corrected chi connectivity index (χ2v) is 5.25. The van der Waals surface area contributed by atoms with Crippen molar-refractivity contribution in [2.75, 3.05) is 11.4 Å². The minimum Gasteiger partial charge on any atom is -0.357 e. The van der Waals surface area contributed by atoms with E-state index in [0.29, 0.717) is 11.3 Å². The van der Waals surface area contributed by atoms with Crippen LogP contribution in [0.15, 0.2) is 36.7 Å². The molecule has 0 radical (unpaired) electrons. The molecule has 5 nitrogen and oxygen atoms in total. The number of rotatable bonds is 3. The average molecular weight is 303 g/mol. The van der Waals surface area contributed by atoms with Crippen LogP contribution in [0.25, 0.3) is 0 Å². The van der Waals surface area contributed by atoms with E-state index in [4.69, 9.17) is 11.6 Å². The van der Waals surface area contributed by atoms with Crippen molar-refractivity contribution in [3.8, 4) is 0 Å². The normalized spacial score (nSPS) is 13.7. The van der Waals surface area contributed by atoms with E-state index in [1.165, 1.54) is 4.90 Å². The highest BCUT2D eigenvalue weighted by atomic mass is 35.5. The molecule has 3 rings (SSSR count). The predicted octanol–water partition coefficient (Wildman–Crippen LogP) is 2.09. The summed E-state index contributed by atoms with van der Waals surface area (Å²) in [5, 5.41) is 0.223. The van der Waals surface area contributed by atoms with Crippen LogP contribution in [0, 0.1) is 0 Å². The number of Topliss-reactive ketones (excluding diaryl/α,β-unsaturated/α-hetero) is 2. The van der Waals surface area contributed by atoms with Crippen molar-refractivity contribution in [2.24, 2.45) is 7.05 Å². The molecule has 0 spiro atoms. The van der Waals surface area contributed by atoms with Crippen molar-refractivity contribution < 1.29 is 14.4 Å². The van der Waals surface area contributed by atoms with Crippen molar-refractivity contribution >= 4 is 34.8 Å². The van der Waals surface area contributed by atoms with Crippen molar-refractivity contribution in [3.63, 3.8) is 0 Å². The molecule has 2 aromatic rings. The third kappa shape index (κ3) is 2.15. The Morgan fingerprint density at radius 3 is 2.67 bits per heavy atom. The van der Waals surface area contributed by atoms with Gasteiger partial charge in [-0.1, -0.05) is 17.7 Å². The van der Waals surface area contributed by atoms with Gasteiger partial charge in [0.2, 0.25) is 0 Å². The van der Waals surface area contributed by atoms with E-state index < -0.39 is 11.7 Å². The summed E-state index contributed by atoms with van der Waals surface area (Å²) >= 11 is 5.96. The summed E-state index contributed by atoms with van der Waals surface area (Å²) in [6, 6.07) is 6.48. The zero-order valence-electron chi connectivity index (χ0n) is 11.2. The Kier molecular flexibility index (Phi) is 3.14. The van der Waals surface area contributed by atoms with Crippen LogP contribution in [0.1, 0.15) is 20.7 Å². The molecule has 1 amide bonds. The molecule has 0 bridgehead atoms. The largest absolute Gasteiger partial charge is 0.357 e. The fourth-order valence-corrected chi connectivity index (χ4v) is 2.62. The van der Waals surface area contributed by atoms with Gasteiger partial charge in [0.15, 0.2) is 5.78 Å². The number of halogens is 1. The first-order chi connectivity index (χ1) is 9.99. The van der Waals surface area contributed by atoms with Gasteiger partial charge >= 0.3 is 0 Å². The molecule has 0 unspecified atom stereocenters. The summed E-state index contributed by atoms with van der Waals surface area (Å²) in [4.78, 5) is 37.4. The van der Waals surface area contributed by atoms with E-state index in [1.807, 2.05) is 0 Å². The summed E-state index contributed by atoms with van der Waals surface area (Å²) in [6.45, 7) is -0.179. The number of ketones is 2. The predicted molar refractivity (Wildman–Crippen MR) is 77.9 cm³/mol. The second kappa shape index (κ2) is 4.86. The minimum atomic E-state index is -0.720. The molecule has 21 heavy (non-hydrogen) atoms. The molecule has 1 aromatic carbocycles. The number of hydrogen-bond acceptors (Lipinski definition) is 3. The average Bonchev–Trinajstić information content (AvgIpc) is 2.98. The van der Waals surface area contributed by atoms with Crippen LogP contribution >= 0.6 is 11.6 Å². The lowest BCUT2D eigenvalue weighted by Gasteiger charge is -2.15. The third-order valence-electron chi connectivity index (χ3n) is 3.40. The molecule has 2 heterocycles. The number of nitrogens with zero attached hydrogens (tertiary/aromatic N) is 2. The fraction of sp³-hybridized carbons (Fsp3) is 0.133. The number of carbonyl (C=O) groups is 3. The van der Waals surface area contributed by atoms with E-state index in [1.54, 1.807) is 48.3 Å². The van der Waals surface area contributed by atoms with Gasteiger partial charge in [0.25, 0.3) is 11.7 Å². The zero-order valence-corrected chi connectivity index (χ0v) is 11.9. The van der Waals surface area contributed by atoms with Gasteiger partial charge in [0.1, 0.15) is 0 Å². The molecule has 0 atom stereocenters. The summed E-state index contributed by atoms with van der Waals surface area (Å²) in [5.41, 5.74) is 1.06. The highest BCUT2D eigenvalue weighted by Crippen LogP contribution is 2.34. The van der Waals surface area contributed by atoms with Crippen LogP contribution in [0.3, 0.4) is 0 Å². The maximum Gasteiger partial charge on any atom is 0.299 e. The number of aromatic nitrogens is 1. The van der Waals surface area contributed by atoms with Gasteiger partial charge in [0, 0.05) is 25.0 Å². The molecule has 0 aliphatic carbocycles. The lowest BCUT2D eigenvalue weighted by molar-refractivity contribution is -0.114. The zero-order chi connectivity index (χ0) is 15.1. The number of hydrogen-bond donors (Lipinski definition) is 0. The van der Waals surface area contributed by atoms with E-state index in [0.717, 1.165) is 0 Å². The number of benzene rings is 1. The lowest BCUT2D eigenvalue weighted by Crippen LogP contribution is -2.34. The number of carbonyl (C=O) groups excluding carboxylic acids is 3. The van der Waals surface area contributed by atoms with Crippen LogP contribution in [0.4, 0.5) is 5.69 Å². The van der Waals surface area contributed by atoms with Gasteiger partial charge in [0.05, 0.1) is 22.8 Å². The quantitative estimate of drug-likeness (QED) is 0.644. The van der Waals surface area contributed by atoms with Crippen LogP contribution in [-0.4, -0.2) is 28.6 Å². The first kappa shape index (κ1) is 13.6. The lowest BCUT2D eigenvalue weighted by atomic mass is 10.1. The molecule has 0 N–H and O–H groups in total. The number of anilines is 1. The number of fused-ring (bicyclic) bond motifs is 1. The second-order valence-electron chi connectivity index (χ2n) is 4.84.